The molecule has 4 rings (SSSR count). The number of allylic oxidation sites excluding steroid dienone is 1. The van der Waals surface area contributed by atoms with E-state index in [1.54, 1.807) is 6.08 Å². The molecule has 0 aliphatic carbocycles. The Labute approximate surface area is 268 Å². The highest BCUT2D eigenvalue weighted by atomic mass is 28.4. The smallest absolute Gasteiger partial charge is 0.330 e. The van der Waals surface area contributed by atoms with Crippen LogP contribution in [0.3, 0.4) is 0 Å². The molecule has 0 spiro atoms. The summed E-state index contributed by atoms with van der Waals surface area (Å²) in [6.07, 6.45) is 19.4. The Hall–Kier alpha value is -1.77. The van der Waals surface area contributed by atoms with Gasteiger partial charge in [0.15, 0.2) is 8.32 Å². The molecule has 0 unspecified atom stereocenters. The summed E-state index contributed by atoms with van der Waals surface area (Å²) in [5, 5.41) is -0.00476. The van der Waals surface area contributed by atoms with Crippen LogP contribution in [0.4, 0.5) is 0 Å². The molecule has 4 aliphatic heterocycles. The molecule has 4 aliphatic rings. The van der Waals surface area contributed by atoms with E-state index in [2.05, 4.69) is 91.6 Å². The van der Waals surface area contributed by atoms with Crippen LogP contribution < -0.4 is 0 Å². The Bertz CT molecular complexity index is 1110. The van der Waals surface area contributed by atoms with E-state index >= 15 is 0 Å². The number of carbonyl (C=O) groups is 1. The first-order valence-electron chi connectivity index (χ1n) is 16.8. The zero-order chi connectivity index (χ0) is 32.1. The summed E-state index contributed by atoms with van der Waals surface area (Å²) >= 11 is 0. The molecule has 6 nitrogen and oxygen atoms in total. The fraction of sp³-hybridized carbons (Fsp3) is 0.703. The van der Waals surface area contributed by atoms with Gasteiger partial charge in [-0.05, 0) is 75.4 Å². The molecule has 246 valence electrons. The molecule has 0 N–H and O–H groups in total. The van der Waals surface area contributed by atoms with Gasteiger partial charge < -0.3 is 23.4 Å². The first-order chi connectivity index (χ1) is 20.7. The van der Waals surface area contributed by atoms with Gasteiger partial charge in [-0.2, -0.15) is 0 Å². The Kier molecular flexibility index (Phi) is 12.1. The lowest BCUT2D eigenvalue weighted by Gasteiger charge is -2.40. The third-order valence-electron chi connectivity index (χ3n) is 9.95. The SMILES string of the molecule is C=C1C[C@H](C)C[C@@H]2CC=C[C@@H](C/C=C\C(=O)O[C@H]([C@H](/C=C/[C@@H]3CC(C)=CCO3)O[Si](C)(C)C(C)(C)C)C[C@@H]3O[C@@H]3[C@@H](C)C1)O2. The van der Waals surface area contributed by atoms with Gasteiger partial charge in [-0.3, -0.25) is 0 Å². The van der Waals surface area contributed by atoms with Crippen LogP contribution in [0.15, 0.2) is 60.3 Å². The third kappa shape index (κ3) is 10.4. The van der Waals surface area contributed by atoms with Crippen LogP contribution in [-0.4, -0.2) is 63.6 Å². The monoisotopic (exact) mass is 626 g/mol. The number of rotatable bonds is 5. The van der Waals surface area contributed by atoms with Gasteiger partial charge in [0.05, 0.1) is 37.1 Å². The predicted octanol–water partition coefficient (Wildman–Crippen LogP) is 8.41. The van der Waals surface area contributed by atoms with Gasteiger partial charge >= 0.3 is 5.97 Å². The number of hydrogen-bond donors (Lipinski definition) is 0. The van der Waals surface area contributed by atoms with E-state index in [0.29, 0.717) is 31.3 Å². The van der Waals surface area contributed by atoms with Gasteiger partial charge in [-0.15, -0.1) is 0 Å². The Morgan fingerprint density at radius 1 is 1.07 bits per heavy atom. The minimum Gasteiger partial charge on any atom is -0.456 e. The number of epoxide rings is 1. The molecule has 0 aromatic rings. The van der Waals surface area contributed by atoms with Crippen LogP contribution in [0.25, 0.3) is 0 Å². The highest BCUT2D eigenvalue weighted by Crippen LogP contribution is 2.41. The maximum atomic E-state index is 13.3. The van der Waals surface area contributed by atoms with Crippen LogP contribution >= 0.6 is 0 Å². The number of hydrogen-bond acceptors (Lipinski definition) is 6. The summed E-state index contributed by atoms with van der Waals surface area (Å²) in [5.74, 6) is 0.488. The molecule has 9 atom stereocenters. The molecule has 7 heteroatoms. The van der Waals surface area contributed by atoms with E-state index in [1.165, 1.54) is 11.1 Å². The van der Waals surface area contributed by atoms with Crippen molar-refractivity contribution in [3.8, 4) is 0 Å². The average Bonchev–Trinajstić information content (AvgIpc) is 3.69. The molecule has 2 bridgehead atoms. The summed E-state index contributed by atoms with van der Waals surface area (Å²) in [7, 11) is -2.22. The van der Waals surface area contributed by atoms with Gasteiger partial charge in [0, 0.05) is 12.5 Å². The molecule has 0 amide bonds. The molecule has 0 radical (unpaired) electrons. The van der Waals surface area contributed by atoms with Gasteiger partial charge in [0.2, 0.25) is 0 Å². The minimum atomic E-state index is -2.22. The van der Waals surface area contributed by atoms with Crippen molar-refractivity contribution < 1.29 is 28.2 Å². The van der Waals surface area contributed by atoms with Crippen molar-refractivity contribution in [2.45, 2.75) is 147 Å². The summed E-state index contributed by atoms with van der Waals surface area (Å²) in [5.41, 5.74) is 2.59. The lowest BCUT2D eigenvalue weighted by Crippen LogP contribution is -2.47. The average molecular weight is 627 g/mol. The maximum absolute atomic E-state index is 13.3. The van der Waals surface area contributed by atoms with Crippen molar-refractivity contribution in [3.63, 3.8) is 0 Å². The first kappa shape index (κ1) is 35.1. The largest absolute Gasteiger partial charge is 0.456 e. The number of cyclic esters (lactones) is 1. The zero-order valence-electron chi connectivity index (χ0n) is 28.6. The molecular weight excluding hydrogens is 568 g/mol. The van der Waals surface area contributed by atoms with Crippen LogP contribution in [0.2, 0.25) is 18.1 Å². The highest BCUT2D eigenvalue weighted by molar-refractivity contribution is 6.74. The summed E-state index contributed by atoms with van der Waals surface area (Å²) in [4.78, 5) is 13.3. The van der Waals surface area contributed by atoms with E-state index in [-0.39, 0.29) is 41.5 Å². The third-order valence-corrected chi connectivity index (χ3v) is 14.4. The Morgan fingerprint density at radius 3 is 2.57 bits per heavy atom. The second-order valence-corrected chi connectivity index (χ2v) is 20.0. The van der Waals surface area contributed by atoms with Crippen molar-refractivity contribution in [2.75, 3.05) is 6.61 Å². The number of ether oxygens (including phenoxy) is 4. The van der Waals surface area contributed by atoms with Crippen LogP contribution in [-0.2, 0) is 28.2 Å². The van der Waals surface area contributed by atoms with E-state index < -0.39 is 20.5 Å². The molecule has 1 saturated heterocycles. The number of esters is 1. The van der Waals surface area contributed by atoms with Crippen molar-refractivity contribution in [1.82, 2.24) is 0 Å². The number of fused-ring (bicyclic) bond motifs is 3. The first-order valence-corrected chi connectivity index (χ1v) is 19.8. The molecule has 44 heavy (non-hydrogen) atoms. The van der Waals surface area contributed by atoms with Crippen molar-refractivity contribution in [3.05, 3.63) is 60.3 Å². The minimum absolute atomic E-state index is 0.00476. The Morgan fingerprint density at radius 2 is 1.84 bits per heavy atom. The lowest BCUT2D eigenvalue weighted by molar-refractivity contribution is -0.147. The van der Waals surface area contributed by atoms with E-state index in [9.17, 15) is 4.79 Å². The van der Waals surface area contributed by atoms with Crippen LogP contribution in [0, 0.1) is 11.8 Å². The highest BCUT2D eigenvalue weighted by Gasteiger charge is 2.47. The van der Waals surface area contributed by atoms with Crippen LogP contribution in [0.1, 0.15) is 86.5 Å². The topological polar surface area (TPSA) is 66.5 Å². The second-order valence-electron chi connectivity index (χ2n) is 15.3. The summed E-state index contributed by atoms with van der Waals surface area (Å²) < 4.78 is 31.9. The van der Waals surface area contributed by atoms with Crippen LogP contribution in [0.5, 0.6) is 0 Å². The van der Waals surface area contributed by atoms with E-state index in [4.69, 9.17) is 23.4 Å². The van der Waals surface area contributed by atoms with Crippen molar-refractivity contribution in [2.24, 2.45) is 11.8 Å². The molecule has 1 fully saturated rings. The van der Waals surface area contributed by atoms with E-state index in [0.717, 1.165) is 32.1 Å². The number of carbonyl (C=O) groups excluding carboxylic acids is 1. The van der Waals surface area contributed by atoms with Crippen molar-refractivity contribution >= 4 is 14.3 Å². The van der Waals surface area contributed by atoms with E-state index in [1.807, 2.05) is 6.08 Å². The fourth-order valence-corrected chi connectivity index (χ4v) is 7.66. The summed E-state index contributed by atoms with van der Waals surface area (Å²) in [6.45, 7) is 22.9. The molecular formula is C37H58O6Si. The fourth-order valence-electron chi connectivity index (χ4n) is 6.39. The normalized spacial score (nSPS) is 36.0. The molecule has 0 aromatic carbocycles. The molecule has 4 heterocycles. The molecule has 0 aromatic heterocycles. The van der Waals surface area contributed by atoms with Gasteiger partial charge in [-0.1, -0.05) is 88.8 Å². The standard InChI is InChI=1S/C37H58O6Si/c1-25-18-19-39-30(22-25)16-17-32(43-44(8,9)37(5,6)7)33-24-34-36(42-34)28(4)21-26(2)20-27(3)23-31-14-10-12-29(40-31)13-11-15-35(38)41-33/h10-12,15-18,27-34,36H,2,13-14,19-24H2,1,3-9H3/b15-11-,17-16+/t27-,28-,29-,30+,31-,32-,33-,34-,36+/m0/s1. The zero-order valence-corrected chi connectivity index (χ0v) is 29.6. The quantitative estimate of drug-likeness (QED) is 0.132. The van der Waals surface area contributed by atoms with Gasteiger partial charge in [0.25, 0.3) is 0 Å². The molecule has 0 saturated carbocycles. The van der Waals surface area contributed by atoms with Gasteiger partial charge in [-0.25, -0.2) is 4.79 Å². The second kappa shape index (κ2) is 15.2. The summed E-state index contributed by atoms with van der Waals surface area (Å²) in [6, 6.07) is 0. The predicted molar refractivity (Wildman–Crippen MR) is 180 cm³/mol. The lowest BCUT2D eigenvalue weighted by atomic mass is 9.88. The maximum Gasteiger partial charge on any atom is 0.330 e. The van der Waals surface area contributed by atoms with Gasteiger partial charge in [0.1, 0.15) is 12.2 Å². The van der Waals surface area contributed by atoms with Crippen molar-refractivity contribution in [1.29, 1.82) is 0 Å². The Balaban J connectivity index is 1.59.